The molecule has 2 aliphatic rings. The van der Waals surface area contributed by atoms with Gasteiger partial charge in [0.1, 0.15) is 11.5 Å². The van der Waals surface area contributed by atoms with Crippen molar-refractivity contribution in [2.24, 2.45) is 16.5 Å². The SMILES string of the molecule is CCCC(O)CC(O)CC(=O)CCc1cc(OCN2C=C3N=CC(Cc4cccc(C(N)N)c4)=C3C2)c(O)cc1O. The summed E-state index contributed by atoms with van der Waals surface area (Å²) in [7, 11) is 0. The molecule has 0 aliphatic carbocycles. The van der Waals surface area contributed by atoms with Gasteiger partial charge in [-0.15, -0.1) is 0 Å². The zero-order chi connectivity index (χ0) is 29.5. The maximum atomic E-state index is 12.4. The number of Topliss-reactive ketones (excluding diaryl/α,β-unsaturated/α-hetero) is 1. The molecular formula is C31H40N4O6. The van der Waals surface area contributed by atoms with Crippen LogP contribution in [0, 0.1) is 0 Å². The molecule has 41 heavy (non-hydrogen) atoms. The van der Waals surface area contributed by atoms with Gasteiger partial charge in [0.05, 0.1) is 24.1 Å². The number of phenolic OH excluding ortho intramolecular Hbond substituents is 2. The van der Waals surface area contributed by atoms with E-state index in [1.165, 1.54) is 12.1 Å². The molecule has 2 unspecified atom stereocenters. The number of fused-ring (bicyclic) bond motifs is 1. The third-order valence-corrected chi connectivity index (χ3v) is 7.30. The molecule has 2 aromatic carbocycles. The van der Waals surface area contributed by atoms with E-state index >= 15 is 0 Å². The molecule has 10 nitrogen and oxygen atoms in total. The first-order chi connectivity index (χ1) is 19.6. The molecule has 0 bridgehead atoms. The molecule has 8 N–H and O–H groups in total. The van der Waals surface area contributed by atoms with E-state index in [9.17, 15) is 25.2 Å². The summed E-state index contributed by atoms with van der Waals surface area (Å²) in [5.41, 5.74) is 17.1. The Morgan fingerprint density at radius 2 is 1.93 bits per heavy atom. The number of aliphatic imine (C=N–C) groups is 1. The average Bonchev–Trinajstić information content (AvgIpc) is 3.49. The van der Waals surface area contributed by atoms with E-state index in [1.807, 2.05) is 48.5 Å². The second kappa shape index (κ2) is 13.8. The number of allylic oxidation sites excluding steroid dienone is 1. The summed E-state index contributed by atoms with van der Waals surface area (Å²) in [6, 6.07) is 10.6. The lowest BCUT2D eigenvalue weighted by Gasteiger charge is -2.18. The van der Waals surface area contributed by atoms with Gasteiger partial charge in [-0.3, -0.25) is 9.79 Å². The largest absolute Gasteiger partial charge is 0.508 e. The van der Waals surface area contributed by atoms with Gasteiger partial charge in [-0.05, 0) is 54.0 Å². The molecule has 2 aromatic rings. The number of hydrogen-bond donors (Lipinski definition) is 6. The zero-order valence-electron chi connectivity index (χ0n) is 23.4. The Balaban J connectivity index is 1.32. The summed E-state index contributed by atoms with van der Waals surface area (Å²) in [6.45, 7) is 2.69. The molecule has 0 spiro atoms. The Labute approximate surface area is 240 Å². The average molecular weight is 565 g/mol. The second-order valence-corrected chi connectivity index (χ2v) is 10.8. The second-order valence-electron chi connectivity index (χ2n) is 10.8. The molecule has 2 atom stereocenters. The standard InChI is InChI=1S/C31H40N4O6/c1-2-4-23(36)12-25(38)13-24(37)8-7-20-11-30(29(40)14-28(20)39)41-18-35-16-26-22(15-34-27(26)17-35)10-19-5-3-6-21(9-19)31(32)33/h3,5-6,9,11,14-15,17,23,25,31,36,38-40H,2,4,7-8,10,12-13,16,18,32-33H2,1H3. The fourth-order valence-corrected chi connectivity index (χ4v) is 5.10. The van der Waals surface area contributed by atoms with E-state index < -0.39 is 18.4 Å². The van der Waals surface area contributed by atoms with E-state index in [0.29, 0.717) is 24.9 Å². The summed E-state index contributed by atoms with van der Waals surface area (Å²) < 4.78 is 5.88. The monoisotopic (exact) mass is 564 g/mol. The van der Waals surface area contributed by atoms with Gasteiger partial charge >= 0.3 is 0 Å². The van der Waals surface area contributed by atoms with Crippen molar-refractivity contribution < 1.29 is 30.0 Å². The molecule has 0 aromatic heterocycles. The highest BCUT2D eigenvalue weighted by Gasteiger charge is 2.25. The van der Waals surface area contributed by atoms with Crippen molar-refractivity contribution in [3.8, 4) is 17.2 Å². The molecule has 4 rings (SSSR count). The number of carbonyl (C=O) groups excluding carboxylic acids is 1. The smallest absolute Gasteiger partial charge is 0.164 e. The topological polar surface area (TPSA) is 175 Å². The maximum Gasteiger partial charge on any atom is 0.164 e. The number of nitrogens with zero attached hydrogens (tertiary/aromatic N) is 2. The number of nitrogens with two attached hydrogens (primary N) is 2. The summed E-state index contributed by atoms with van der Waals surface area (Å²) in [5, 5.41) is 40.6. The van der Waals surface area contributed by atoms with E-state index in [1.54, 1.807) is 0 Å². The molecular weight excluding hydrogens is 524 g/mol. The molecule has 0 saturated carbocycles. The fraction of sp³-hybridized carbons (Fsp3) is 0.419. The molecule has 220 valence electrons. The first kappa shape index (κ1) is 30.3. The predicted octanol–water partition coefficient (Wildman–Crippen LogP) is 2.93. The van der Waals surface area contributed by atoms with Gasteiger partial charge in [-0.2, -0.15) is 0 Å². The number of aliphatic hydroxyl groups excluding tert-OH is 2. The van der Waals surface area contributed by atoms with Crippen molar-refractivity contribution in [1.29, 1.82) is 0 Å². The minimum Gasteiger partial charge on any atom is -0.508 e. The summed E-state index contributed by atoms with van der Waals surface area (Å²) in [6.07, 6.45) is 4.23. The van der Waals surface area contributed by atoms with Crippen LogP contribution < -0.4 is 16.2 Å². The van der Waals surface area contributed by atoms with E-state index in [-0.39, 0.29) is 55.4 Å². The van der Waals surface area contributed by atoms with Gasteiger partial charge in [-0.25, -0.2) is 0 Å². The van der Waals surface area contributed by atoms with Gasteiger partial charge in [0.15, 0.2) is 18.2 Å². The minimum absolute atomic E-state index is 0.0566. The molecule has 0 amide bonds. The summed E-state index contributed by atoms with van der Waals surface area (Å²) >= 11 is 0. The van der Waals surface area contributed by atoms with Gasteiger partial charge in [0.2, 0.25) is 0 Å². The number of rotatable bonds is 15. The third-order valence-electron chi connectivity index (χ3n) is 7.30. The zero-order valence-corrected chi connectivity index (χ0v) is 23.4. The van der Waals surface area contributed by atoms with Crippen molar-refractivity contribution in [1.82, 2.24) is 4.90 Å². The number of aryl methyl sites for hydroxylation is 1. The van der Waals surface area contributed by atoms with Crippen LogP contribution in [0.4, 0.5) is 0 Å². The van der Waals surface area contributed by atoms with E-state index in [2.05, 4.69) is 4.99 Å². The van der Waals surface area contributed by atoms with Crippen LogP contribution in [0.1, 0.15) is 61.9 Å². The number of hydrogen-bond acceptors (Lipinski definition) is 10. The Morgan fingerprint density at radius 1 is 1.12 bits per heavy atom. The third kappa shape index (κ3) is 8.17. The Hall–Kier alpha value is -3.70. The quantitative estimate of drug-likeness (QED) is 0.178. The lowest BCUT2D eigenvalue weighted by atomic mass is 9.99. The van der Waals surface area contributed by atoms with Crippen LogP contribution in [0.25, 0.3) is 0 Å². The highest BCUT2D eigenvalue weighted by atomic mass is 16.5. The molecule has 2 aliphatic heterocycles. The highest BCUT2D eigenvalue weighted by Crippen LogP contribution is 2.35. The first-order valence-corrected chi connectivity index (χ1v) is 14.0. The number of phenols is 2. The van der Waals surface area contributed by atoms with Crippen molar-refractivity contribution in [3.05, 3.63) is 76.1 Å². The first-order valence-electron chi connectivity index (χ1n) is 14.0. The normalized spacial score (nSPS) is 15.9. The van der Waals surface area contributed by atoms with Crippen LogP contribution in [0.3, 0.4) is 0 Å². The van der Waals surface area contributed by atoms with Gasteiger partial charge in [0.25, 0.3) is 0 Å². The van der Waals surface area contributed by atoms with Crippen molar-refractivity contribution in [2.75, 3.05) is 13.3 Å². The fourth-order valence-electron chi connectivity index (χ4n) is 5.10. The van der Waals surface area contributed by atoms with Crippen molar-refractivity contribution in [3.63, 3.8) is 0 Å². The number of benzene rings is 2. The van der Waals surface area contributed by atoms with Gasteiger partial charge < -0.3 is 41.5 Å². The molecule has 0 fully saturated rings. The summed E-state index contributed by atoms with van der Waals surface area (Å²) in [4.78, 5) is 18.8. The molecule has 2 heterocycles. The van der Waals surface area contributed by atoms with Crippen LogP contribution in [0.5, 0.6) is 17.2 Å². The predicted molar refractivity (Wildman–Crippen MR) is 156 cm³/mol. The van der Waals surface area contributed by atoms with Gasteiger partial charge in [0, 0.05) is 43.4 Å². The molecule has 10 heteroatoms. The Bertz CT molecular complexity index is 1340. The lowest BCUT2D eigenvalue weighted by Crippen LogP contribution is -2.22. The van der Waals surface area contributed by atoms with Crippen molar-refractivity contribution >= 4 is 12.0 Å². The highest BCUT2D eigenvalue weighted by molar-refractivity contribution is 5.87. The summed E-state index contributed by atoms with van der Waals surface area (Å²) in [5.74, 6) is -0.325. The number of aromatic hydroxyl groups is 2. The molecule has 0 radical (unpaired) electrons. The van der Waals surface area contributed by atoms with Crippen molar-refractivity contribution in [2.45, 2.75) is 70.2 Å². The number of carbonyl (C=O) groups is 1. The number of aliphatic hydroxyl groups is 2. The van der Waals surface area contributed by atoms with Crippen LogP contribution in [0.2, 0.25) is 0 Å². The number of ether oxygens (including phenoxy) is 1. The van der Waals surface area contributed by atoms with Crippen LogP contribution in [-0.4, -0.2) is 62.8 Å². The van der Waals surface area contributed by atoms with Crippen LogP contribution in [-0.2, 0) is 17.6 Å². The van der Waals surface area contributed by atoms with E-state index in [0.717, 1.165) is 34.4 Å². The Morgan fingerprint density at radius 3 is 2.68 bits per heavy atom. The number of ketones is 1. The van der Waals surface area contributed by atoms with Crippen LogP contribution >= 0.6 is 0 Å². The Kier molecular flexibility index (Phi) is 10.2. The minimum atomic E-state index is -0.903. The maximum absolute atomic E-state index is 12.4. The van der Waals surface area contributed by atoms with E-state index in [4.69, 9.17) is 16.2 Å². The van der Waals surface area contributed by atoms with Crippen LogP contribution in [0.15, 0.2) is 64.4 Å². The van der Waals surface area contributed by atoms with Gasteiger partial charge in [-0.1, -0.05) is 37.6 Å². The lowest BCUT2D eigenvalue weighted by molar-refractivity contribution is -0.121. The molecule has 0 saturated heterocycles.